The number of nitrogens with zero attached hydrogens (tertiary/aromatic N) is 1. The van der Waals surface area contributed by atoms with E-state index in [4.69, 9.17) is 0 Å². The van der Waals surface area contributed by atoms with Crippen molar-refractivity contribution in [1.29, 1.82) is 0 Å². The number of para-hydroxylation sites is 1. The standard InChI is InChI=1S/C24H24N2O/c1-17-15-23(25-21-11-7-4-8-12-21)22-16-20(19-9-5-3-6-10-19)13-14-24(22)26(17)18(2)27/h3-14,16-17,23,25H,15H2,1-2H3/t17-,23-/m0/s1. The molecule has 1 amide bonds. The van der Waals surface area contributed by atoms with Crippen LogP contribution in [0.4, 0.5) is 11.4 Å². The van der Waals surface area contributed by atoms with Crippen molar-refractivity contribution in [3.05, 3.63) is 84.4 Å². The van der Waals surface area contributed by atoms with Crippen LogP contribution in [0.2, 0.25) is 0 Å². The first kappa shape index (κ1) is 17.3. The quantitative estimate of drug-likeness (QED) is 0.657. The van der Waals surface area contributed by atoms with Gasteiger partial charge in [-0.2, -0.15) is 0 Å². The Morgan fingerprint density at radius 2 is 1.59 bits per heavy atom. The molecular formula is C24H24N2O. The lowest BCUT2D eigenvalue weighted by Crippen LogP contribution is -2.43. The van der Waals surface area contributed by atoms with Crippen molar-refractivity contribution in [2.75, 3.05) is 10.2 Å². The first-order valence-electron chi connectivity index (χ1n) is 9.44. The lowest BCUT2D eigenvalue weighted by Gasteiger charge is -2.39. The van der Waals surface area contributed by atoms with E-state index in [-0.39, 0.29) is 18.0 Å². The Balaban J connectivity index is 1.79. The third-order valence-corrected chi connectivity index (χ3v) is 5.24. The molecule has 3 aromatic rings. The van der Waals surface area contributed by atoms with Gasteiger partial charge in [-0.05, 0) is 54.3 Å². The fourth-order valence-corrected chi connectivity index (χ4v) is 4.03. The van der Waals surface area contributed by atoms with Gasteiger partial charge in [-0.25, -0.2) is 0 Å². The number of hydrogen-bond donors (Lipinski definition) is 1. The van der Waals surface area contributed by atoms with Crippen LogP contribution >= 0.6 is 0 Å². The molecule has 1 heterocycles. The molecule has 0 aromatic heterocycles. The maximum atomic E-state index is 12.3. The summed E-state index contributed by atoms with van der Waals surface area (Å²) < 4.78 is 0. The molecular weight excluding hydrogens is 332 g/mol. The number of anilines is 2. The monoisotopic (exact) mass is 356 g/mol. The topological polar surface area (TPSA) is 32.3 Å². The van der Waals surface area contributed by atoms with E-state index in [0.717, 1.165) is 17.8 Å². The minimum atomic E-state index is 0.0920. The number of benzene rings is 3. The molecule has 27 heavy (non-hydrogen) atoms. The summed E-state index contributed by atoms with van der Waals surface area (Å²) >= 11 is 0. The molecule has 0 bridgehead atoms. The van der Waals surface area contributed by atoms with E-state index in [0.29, 0.717) is 0 Å². The fourth-order valence-electron chi connectivity index (χ4n) is 4.03. The molecule has 3 nitrogen and oxygen atoms in total. The van der Waals surface area contributed by atoms with Crippen LogP contribution < -0.4 is 10.2 Å². The second-order valence-electron chi connectivity index (χ2n) is 7.18. The van der Waals surface area contributed by atoms with Crippen LogP contribution in [0.1, 0.15) is 31.9 Å². The zero-order chi connectivity index (χ0) is 18.8. The van der Waals surface area contributed by atoms with Gasteiger partial charge >= 0.3 is 0 Å². The largest absolute Gasteiger partial charge is 0.378 e. The second-order valence-corrected chi connectivity index (χ2v) is 7.18. The van der Waals surface area contributed by atoms with Gasteiger partial charge < -0.3 is 10.2 Å². The van der Waals surface area contributed by atoms with Crippen molar-refractivity contribution in [1.82, 2.24) is 0 Å². The summed E-state index contributed by atoms with van der Waals surface area (Å²) in [7, 11) is 0. The number of carbonyl (C=O) groups excluding carboxylic acids is 1. The summed E-state index contributed by atoms with van der Waals surface area (Å²) in [6, 6.07) is 27.4. The van der Waals surface area contributed by atoms with E-state index in [9.17, 15) is 4.79 Å². The lowest BCUT2D eigenvalue weighted by molar-refractivity contribution is -0.117. The third-order valence-electron chi connectivity index (χ3n) is 5.24. The third kappa shape index (κ3) is 3.45. The van der Waals surface area contributed by atoms with Crippen molar-refractivity contribution < 1.29 is 4.79 Å². The molecule has 3 heteroatoms. The summed E-state index contributed by atoms with van der Waals surface area (Å²) in [5.41, 5.74) is 5.64. The molecule has 3 aromatic carbocycles. The van der Waals surface area contributed by atoms with Gasteiger partial charge in [-0.3, -0.25) is 4.79 Å². The van der Waals surface area contributed by atoms with Crippen LogP contribution in [0, 0.1) is 0 Å². The van der Waals surface area contributed by atoms with Gasteiger partial charge in [-0.15, -0.1) is 0 Å². The van der Waals surface area contributed by atoms with E-state index in [2.05, 4.69) is 66.8 Å². The molecule has 0 aliphatic carbocycles. The molecule has 0 unspecified atom stereocenters. The van der Waals surface area contributed by atoms with Crippen LogP contribution in [0.3, 0.4) is 0 Å². The lowest BCUT2D eigenvalue weighted by atomic mass is 9.89. The predicted octanol–water partition coefficient (Wildman–Crippen LogP) is 5.65. The van der Waals surface area contributed by atoms with E-state index in [1.165, 1.54) is 16.7 Å². The normalized spacial score (nSPS) is 18.7. The summed E-state index contributed by atoms with van der Waals surface area (Å²) in [5, 5.41) is 3.67. The van der Waals surface area contributed by atoms with Crippen molar-refractivity contribution in [2.45, 2.75) is 32.4 Å². The Labute approximate surface area is 160 Å². The van der Waals surface area contributed by atoms with E-state index in [1.54, 1.807) is 6.92 Å². The molecule has 136 valence electrons. The smallest absolute Gasteiger partial charge is 0.224 e. The van der Waals surface area contributed by atoms with Gasteiger partial charge in [0.1, 0.15) is 0 Å². The highest BCUT2D eigenvalue weighted by Crippen LogP contribution is 2.41. The van der Waals surface area contributed by atoms with E-state index in [1.807, 2.05) is 29.2 Å². The van der Waals surface area contributed by atoms with Crippen LogP contribution in [0.25, 0.3) is 11.1 Å². The molecule has 1 N–H and O–H groups in total. The molecule has 0 fully saturated rings. The van der Waals surface area contributed by atoms with Crippen molar-refractivity contribution in [3.63, 3.8) is 0 Å². The Morgan fingerprint density at radius 3 is 2.26 bits per heavy atom. The van der Waals surface area contributed by atoms with Crippen LogP contribution in [0.5, 0.6) is 0 Å². The van der Waals surface area contributed by atoms with Crippen molar-refractivity contribution in [2.24, 2.45) is 0 Å². The number of hydrogen-bond acceptors (Lipinski definition) is 2. The molecule has 0 spiro atoms. The zero-order valence-corrected chi connectivity index (χ0v) is 15.7. The van der Waals surface area contributed by atoms with Crippen molar-refractivity contribution >= 4 is 17.3 Å². The van der Waals surface area contributed by atoms with Gasteiger partial charge in [0.25, 0.3) is 0 Å². The average molecular weight is 356 g/mol. The van der Waals surface area contributed by atoms with Gasteiger partial charge in [0.05, 0.1) is 6.04 Å². The summed E-state index contributed by atoms with van der Waals surface area (Å²) in [6.07, 6.45) is 0.875. The highest BCUT2D eigenvalue weighted by molar-refractivity contribution is 5.94. The maximum Gasteiger partial charge on any atom is 0.224 e. The minimum absolute atomic E-state index is 0.0920. The molecule has 2 atom stereocenters. The van der Waals surface area contributed by atoms with Gasteiger partial charge in [0, 0.05) is 24.3 Å². The highest BCUT2D eigenvalue weighted by Gasteiger charge is 2.32. The maximum absolute atomic E-state index is 12.3. The number of rotatable bonds is 3. The van der Waals surface area contributed by atoms with Crippen LogP contribution in [-0.4, -0.2) is 11.9 Å². The van der Waals surface area contributed by atoms with E-state index < -0.39 is 0 Å². The average Bonchev–Trinajstić information content (AvgIpc) is 2.69. The summed E-state index contributed by atoms with van der Waals surface area (Å²) in [4.78, 5) is 14.2. The fraction of sp³-hybridized carbons (Fsp3) is 0.208. The predicted molar refractivity (Wildman–Crippen MR) is 112 cm³/mol. The number of amides is 1. The Bertz CT molecular complexity index is 937. The summed E-state index contributed by atoms with van der Waals surface area (Å²) in [6.45, 7) is 3.77. The molecule has 0 radical (unpaired) electrons. The second kappa shape index (κ2) is 7.28. The first-order chi connectivity index (χ1) is 13.1. The first-order valence-corrected chi connectivity index (χ1v) is 9.44. The Morgan fingerprint density at radius 1 is 0.926 bits per heavy atom. The SMILES string of the molecule is CC(=O)N1c2ccc(-c3ccccc3)cc2[C@@H](Nc2ccccc2)C[C@@H]1C. The summed E-state index contributed by atoms with van der Waals surface area (Å²) in [5.74, 6) is 0.0920. The molecule has 0 saturated heterocycles. The van der Waals surface area contributed by atoms with E-state index >= 15 is 0 Å². The van der Waals surface area contributed by atoms with Crippen LogP contribution in [-0.2, 0) is 4.79 Å². The number of carbonyl (C=O) groups is 1. The van der Waals surface area contributed by atoms with Gasteiger partial charge in [0.2, 0.25) is 5.91 Å². The molecule has 0 saturated carbocycles. The highest BCUT2D eigenvalue weighted by atomic mass is 16.2. The van der Waals surface area contributed by atoms with Crippen LogP contribution in [0.15, 0.2) is 78.9 Å². The zero-order valence-electron chi connectivity index (χ0n) is 15.7. The van der Waals surface area contributed by atoms with Gasteiger partial charge in [-0.1, -0.05) is 54.6 Å². The number of nitrogens with one attached hydrogen (secondary N) is 1. The molecule has 4 rings (SSSR count). The van der Waals surface area contributed by atoms with Gasteiger partial charge in [0.15, 0.2) is 0 Å². The molecule has 1 aliphatic rings. The number of fused-ring (bicyclic) bond motifs is 1. The minimum Gasteiger partial charge on any atom is -0.378 e. The Hall–Kier alpha value is -3.07. The van der Waals surface area contributed by atoms with Crippen molar-refractivity contribution in [3.8, 4) is 11.1 Å². The molecule has 1 aliphatic heterocycles. The Kier molecular flexibility index (Phi) is 4.68.